The van der Waals surface area contributed by atoms with Crippen LogP contribution in [-0.4, -0.2) is 113 Å². The zero-order chi connectivity index (χ0) is 20.8. The highest BCUT2D eigenvalue weighted by molar-refractivity contribution is 7.91. The van der Waals surface area contributed by atoms with Gasteiger partial charge in [0.05, 0.1) is 90.8 Å². The molecule has 0 N–H and O–H groups in total. The van der Waals surface area contributed by atoms with Crippen LogP contribution in [0.15, 0.2) is 0 Å². The van der Waals surface area contributed by atoms with Crippen LogP contribution in [0.4, 0.5) is 0 Å². The fraction of sp³-hybridized carbons (Fsp3) is 0.889. The van der Waals surface area contributed by atoms with Crippen molar-refractivity contribution in [2.24, 2.45) is 0 Å². The predicted molar refractivity (Wildman–Crippen MR) is 104 cm³/mol. The van der Waals surface area contributed by atoms with Gasteiger partial charge in [0.25, 0.3) is 0 Å². The Bertz CT molecular complexity index is 462. The van der Waals surface area contributed by atoms with E-state index in [1.807, 2.05) is 0 Å². The normalized spacial score (nSPS) is 11.6. The van der Waals surface area contributed by atoms with Crippen LogP contribution in [0.25, 0.3) is 0 Å². The molecule has 0 aromatic carbocycles. The summed E-state index contributed by atoms with van der Waals surface area (Å²) in [5, 5.41) is 0. The number of hydrogen-bond donors (Lipinski definition) is 0. The second-order valence-corrected chi connectivity index (χ2v) is 7.77. The van der Waals surface area contributed by atoms with E-state index in [1.165, 1.54) is 0 Å². The minimum atomic E-state index is -3.19. The molecule has 0 saturated carbocycles. The van der Waals surface area contributed by atoms with Crippen LogP contribution in [0.1, 0.15) is 0 Å². The van der Waals surface area contributed by atoms with Crippen LogP contribution in [0, 0.1) is 12.3 Å². The van der Waals surface area contributed by atoms with Crippen LogP contribution in [0.2, 0.25) is 0 Å². The van der Waals surface area contributed by atoms with Crippen molar-refractivity contribution < 1.29 is 41.6 Å². The molecule has 0 unspecified atom stereocenters. The van der Waals surface area contributed by atoms with Crippen LogP contribution >= 0.6 is 0 Å². The molecular formula is C18H34O9S. The molecule has 0 fully saturated rings. The third-order valence-electron chi connectivity index (χ3n) is 3.18. The largest absolute Gasteiger partial charge is 0.382 e. The summed E-state index contributed by atoms with van der Waals surface area (Å²) in [4.78, 5) is 0. The van der Waals surface area contributed by atoms with E-state index < -0.39 is 9.84 Å². The maximum absolute atomic E-state index is 11.8. The third-order valence-corrected chi connectivity index (χ3v) is 4.76. The van der Waals surface area contributed by atoms with Crippen molar-refractivity contribution in [3.05, 3.63) is 0 Å². The molecule has 10 heteroatoms. The van der Waals surface area contributed by atoms with Crippen molar-refractivity contribution in [1.82, 2.24) is 0 Å². The van der Waals surface area contributed by atoms with Gasteiger partial charge in [-0.15, -0.1) is 6.42 Å². The molecule has 0 saturated heterocycles. The standard InChI is InChI=1S/C18H34O9S/c1-3-4-22-7-8-24-9-10-25-12-14-27-16-18-28(19,20)17-15-26-13-11-23-6-5-21-2/h1H,4-18H2,2H3. The van der Waals surface area contributed by atoms with Crippen LogP contribution in [0.3, 0.4) is 0 Å². The zero-order valence-electron chi connectivity index (χ0n) is 16.8. The maximum atomic E-state index is 11.8. The van der Waals surface area contributed by atoms with E-state index in [-0.39, 0.29) is 31.3 Å². The molecular weight excluding hydrogens is 392 g/mol. The predicted octanol–water partition coefficient (Wildman–Crippen LogP) is -0.220. The highest BCUT2D eigenvalue weighted by Crippen LogP contribution is 1.93. The topological polar surface area (TPSA) is 98.8 Å². The van der Waals surface area contributed by atoms with E-state index in [0.29, 0.717) is 66.1 Å². The van der Waals surface area contributed by atoms with Crippen molar-refractivity contribution >= 4 is 9.84 Å². The average molecular weight is 427 g/mol. The van der Waals surface area contributed by atoms with Crippen molar-refractivity contribution in [3.63, 3.8) is 0 Å². The Morgan fingerprint density at radius 1 is 0.607 bits per heavy atom. The summed E-state index contributed by atoms with van der Waals surface area (Å²) in [7, 11) is -1.60. The highest BCUT2D eigenvalue weighted by atomic mass is 32.2. The second-order valence-electron chi connectivity index (χ2n) is 5.46. The lowest BCUT2D eigenvalue weighted by atomic mass is 10.7. The van der Waals surface area contributed by atoms with Crippen molar-refractivity contribution in [1.29, 1.82) is 0 Å². The molecule has 166 valence electrons. The molecule has 0 radical (unpaired) electrons. The monoisotopic (exact) mass is 426 g/mol. The number of terminal acetylenes is 1. The van der Waals surface area contributed by atoms with E-state index in [2.05, 4.69) is 5.92 Å². The van der Waals surface area contributed by atoms with Gasteiger partial charge in [0, 0.05) is 7.11 Å². The molecule has 0 atom stereocenters. The lowest BCUT2D eigenvalue weighted by molar-refractivity contribution is 0.00300. The molecule has 0 aliphatic rings. The van der Waals surface area contributed by atoms with E-state index in [4.69, 9.17) is 39.6 Å². The van der Waals surface area contributed by atoms with Gasteiger partial charge in [-0.2, -0.15) is 0 Å². The first-order valence-corrected chi connectivity index (χ1v) is 11.0. The van der Waals surface area contributed by atoms with Gasteiger partial charge in [0.15, 0.2) is 9.84 Å². The van der Waals surface area contributed by atoms with Crippen LogP contribution < -0.4 is 0 Å². The van der Waals surface area contributed by atoms with Gasteiger partial charge in [-0.25, -0.2) is 8.42 Å². The number of ether oxygens (including phenoxy) is 7. The number of rotatable bonds is 22. The summed E-state index contributed by atoms with van der Waals surface area (Å²) in [5.74, 6) is 2.29. The Morgan fingerprint density at radius 2 is 0.964 bits per heavy atom. The minimum absolute atomic E-state index is 0.0344. The molecule has 0 aliphatic carbocycles. The maximum Gasteiger partial charge on any atom is 0.154 e. The Hall–Kier alpha value is -0.770. The summed E-state index contributed by atoms with van der Waals surface area (Å²) in [5.41, 5.74) is 0. The Labute approximate surface area is 168 Å². The summed E-state index contributed by atoms with van der Waals surface area (Å²) < 4.78 is 59.8. The van der Waals surface area contributed by atoms with Gasteiger partial charge in [-0.1, -0.05) is 5.92 Å². The molecule has 28 heavy (non-hydrogen) atoms. The number of sulfone groups is 1. The molecule has 0 bridgehead atoms. The van der Waals surface area contributed by atoms with Gasteiger partial charge in [-0.05, 0) is 0 Å². The molecule has 9 nitrogen and oxygen atoms in total. The van der Waals surface area contributed by atoms with Gasteiger partial charge in [-0.3, -0.25) is 0 Å². The third kappa shape index (κ3) is 21.5. The van der Waals surface area contributed by atoms with E-state index in [0.717, 1.165) is 0 Å². The Kier molecular flexibility index (Phi) is 20.4. The summed E-state index contributed by atoms with van der Waals surface area (Å²) in [6.45, 7) is 4.86. The van der Waals surface area contributed by atoms with E-state index in [9.17, 15) is 8.42 Å². The Morgan fingerprint density at radius 3 is 1.36 bits per heavy atom. The molecule has 0 aromatic heterocycles. The molecule has 0 spiro atoms. The summed E-state index contributed by atoms with van der Waals surface area (Å²) in [6, 6.07) is 0. The van der Waals surface area contributed by atoms with Crippen LogP contribution in [0.5, 0.6) is 0 Å². The number of methoxy groups -OCH3 is 1. The minimum Gasteiger partial charge on any atom is -0.382 e. The average Bonchev–Trinajstić information content (AvgIpc) is 2.67. The zero-order valence-corrected chi connectivity index (χ0v) is 17.6. The first kappa shape index (κ1) is 27.2. The van der Waals surface area contributed by atoms with Crippen molar-refractivity contribution in [2.75, 3.05) is 105 Å². The molecule has 0 heterocycles. The first-order valence-electron chi connectivity index (χ1n) is 9.21. The van der Waals surface area contributed by atoms with Gasteiger partial charge in [0.2, 0.25) is 0 Å². The first-order chi connectivity index (χ1) is 13.6. The molecule has 0 amide bonds. The van der Waals surface area contributed by atoms with Gasteiger partial charge < -0.3 is 33.2 Å². The molecule has 0 rings (SSSR count). The summed E-state index contributed by atoms with van der Waals surface area (Å²) >= 11 is 0. The second kappa shape index (κ2) is 21.0. The Balaban J connectivity index is 3.32. The van der Waals surface area contributed by atoms with E-state index in [1.54, 1.807) is 7.11 Å². The van der Waals surface area contributed by atoms with Crippen molar-refractivity contribution in [3.8, 4) is 12.3 Å². The highest BCUT2D eigenvalue weighted by Gasteiger charge is 2.10. The fourth-order valence-corrected chi connectivity index (χ4v) is 2.68. The quantitative estimate of drug-likeness (QED) is 0.172. The van der Waals surface area contributed by atoms with Crippen LogP contribution in [-0.2, 0) is 43.0 Å². The SMILES string of the molecule is C#CCOCCOCCOCCOCCS(=O)(=O)CCOCCOCCOC. The van der Waals surface area contributed by atoms with Gasteiger partial charge >= 0.3 is 0 Å². The van der Waals surface area contributed by atoms with E-state index >= 15 is 0 Å². The number of hydrogen-bond acceptors (Lipinski definition) is 9. The van der Waals surface area contributed by atoms with Gasteiger partial charge in [0.1, 0.15) is 6.61 Å². The smallest absolute Gasteiger partial charge is 0.154 e. The lowest BCUT2D eigenvalue weighted by Gasteiger charge is -2.08. The summed E-state index contributed by atoms with van der Waals surface area (Å²) in [6.07, 6.45) is 5.04. The fourth-order valence-electron chi connectivity index (χ4n) is 1.73. The molecule has 0 aromatic rings. The molecule has 0 aliphatic heterocycles. The lowest BCUT2D eigenvalue weighted by Crippen LogP contribution is -2.21. The van der Waals surface area contributed by atoms with Crippen molar-refractivity contribution in [2.45, 2.75) is 0 Å².